The topological polar surface area (TPSA) is 107 Å². The van der Waals surface area contributed by atoms with Gasteiger partial charge in [0.1, 0.15) is 23.1 Å². The molecule has 0 fully saturated rings. The zero-order chi connectivity index (χ0) is 25.5. The minimum atomic E-state index is -0.524. The number of fused-ring (bicyclic) bond motifs is 2. The number of carbonyl (C=O) groups is 2. The molecule has 0 radical (unpaired) electrons. The SMILES string of the molecule is Cc1cccc(NC(=O)c2oc3ccccc3c2NC(=O)c2cc(-c3ccc4c(c3)CC(C)O4)on2)c1. The predicted molar refractivity (Wildman–Crippen MR) is 139 cm³/mol. The summed E-state index contributed by atoms with van der Waals surface area (Å²) in [7, 11) is 0. The third-order valence-electron chi connectivity index (χ3n) is 6.24. The number of nitrogens with one attached hydrogen (secondary N) is 2. The number of para-hydroxylation sites is 1. The Morgan fingerprint density at radius 1 is 0.946 bits per heavy atom. The molecule has 6 rings (SSSR count). The highest BCUT2D eigenvalue weighted by Gasteiger charge is 2.25. The van der Waals surface area contributed by atoms with Gasteiger partial charge in [-0.25, -0.2) is 0 Å². The van der Waals surface area contributed by atoms with Gasteiger partial charge in [-0.2, -0.15) is 0 Å². The predicted octanol–water partition coefficient (Wildman–Crippen LogP) is 6.22. The second-order valence-corrected chi connectivity index (χ2v) is 9.11. The number of carbonyl (C=O) groups excluding carboxylic acids is 2. The highest BCUT2D eigenvalue weighted by atomic mass is 16.5. The zero-order valence-electron chi connectivity index (χ0n) is 20.2. The van der Waals surface area contributed by atoms with Crippen LogP contribution in [0.25, 0.3) is 22.3 Å². The van der Waals surface area contributed by atoms with E-state index in [1.807, 2.05) is 56.3 Å². The number of aryl methyl sites for hydroxylation is 1. The molecule has 1 aliphatic rings. The van der Waals surface area contributed by atoms with Crippen LogP contribution in [-0.2, 0) is 6.42 Å². The standard InChI is InChI=1S/C29H23N3O5/c1-16-6-5-7-20(12-16)30-29(34)27-26(21-8-3-4-9-24(21)36-27)31-28(33)22-15-25(37-32-22)18-10-11-23-19(14-18)13-17(2)35-23/h3-12,14-15,17H,13H2,1-2H3,(H,30,34)(H,31,33). The lowest BCUT2D eigenvalue weighted by Gasteiger charge is -2.07. The summed E-state index contributed by atoms with van der Waals surface area (Å²) in [6, 6.07) is 21.9. The lowest BCUT2D eigenvalue weighted by atomic mass is 10.1. The van der Waals surface area contributed by atoms with E-state index in [4.69, 9.17) is 13.7 Å². The fourth-order valence-corrected chi connectivity index (χ4v) is 4.51. The van der Waals surface area contributed by atoms with Gasteiger partial charge in [-0.1, -0.05) is 29.4 Å². The maximum Gasteiger partial charge on any atom is 0.293 e. The number of amides is 2. The quantitative estimate of drug-likeness (QED) is 0.301. The minimum absolute atomic E-state index is 0.00693. The van der Waals surface area contributed by atoms with Crippen molar-refractivity contribution in [2.45, 2.75) is 26.4 Å². The molecule has 37 heavy (non-hydrogen) atoms. The largest absolute Gasteiger partial charge is 0.490 e. The first-order valence-corrected chi connectivity index (χ1v) is 11.9. The van der Waals surface area contributed by atoms with E-state index >= 15 is 0 Å². The van der Waals surface area contributed by atoms with Crippen LogP contribution in [0.1, 0.15) is 39.1 Å². The van der Waals surface area contributed by atoms with Crippen LogP contribution in [0.4, 0.5) is 11.4 Å². The molecule has 8 nitrogen and oxygen atoms in total. The van der Waals surface area contributed by atoms with E-state index in [0.717, 1.165) is 28.9 Å². The number of hydrogen-bond acceptors (Lipinski definition) is 6. The highest BCUT2D eigenvalue weighted by Crippen LogP contribution is 2.34. The van der Waals surface area contributed by atoms with Crippen molar-refractivity contribution in [3.8, 4) is 17.1 Å². The molecule has 0 saturated carbocycles. The molecule has 1 aliphatic heterocycles. The van der Waals surface area contributed by atoms with Crippen LogP contribution in [0.5, 0.6) is 5.75 Å². The van der Waals surface area contributed by atoms with Crippen LogP contribution in [0.2, 0.25) is 0 Å². The van der Waals surface area contributed by atoms with Gasteiger partial charge in [-0.3, -0.25) is 9.59 Å². The fraction of sp³-hybridized carbons (Fsp3) is 0.138. The van der Waals surface area contributed by atoms with E-state index in [1.165, 1.54) is 0 Å². The van der Waals surface area contributed by atoms with Crippen LogP contribution in [-0.4, -0.2) is 23.1 Å². The number of furan rings is 1. The van der Waals surface area contributed by atoms with Crippen molar-refractivity contribution in [3.05, 3.63) is 95.4 Å². The Labute approximate surface area is 212 Å². The summed E-state index contributed by atoms with van der Waals surface area (Å²) in [4.78, 5) is 26.3. The smallest absolute Gasteiger partial charge is 0.293 e. The van der Waals surface area contributed by atoms with Gasteiger partial charge in [0.05, 0.1) is 0 Å². The first-order valence-electron chi connectivity index (χ1n) is 11.9. The van der Waals surface area contributed by atoms with Crippen molar-refractivity contribution in [1.82, 2.24) is 5.16 Å². The lowest BCUT2D eigenvalue weighted by Crippen LogP contribution is -2.17. The second-order valence-electron chi connectivity index (χ2n) is 9.11. The van der Waals surface area contributed by atoms with E-state index in [9.17, 15) is 9.59 Å². The molecule has 5 aromatic rings. The molecule has 1 atom stereocenters. The highest BCUT2D eigenvalue weighted by molar-refractivity contribution is 6.16. The molecule has 0 bridgehead atoms. The number of anilines is 2. The van der Waals surface area contributed by atoms with Gasteiger partial charge in [-0.15, -0.1) is 0 Å². The molecule has 0 aliphatic carbocycles. The third-order valence-corrected chi connectivity index (χ3v) is 6.24. The molecule has 1 unspecified atom stereocenters. The second kappa shape index (κ2) is 8.98. The van der Waals surface area contributed by atoms with Crippen LogP contribution < -0.4 is 15.4 Å². The Balaban J connectivity index is 1.28. The molecular formula is C29H23N3O5. The summed E-state index contributed by atoms with van der Waals surface area (Å²) in [5.41, 5.74) is 4.33. The Morgan fingerprint density at radius 2 is 1.81 bits per heavy atom. The number of aromatic nitrogens is 1. The van der Waals surface area contributed by atoms with Crippen molar-refractivity contribution >= 4 is 34.2 Å². The molecule has 2 aromatic heterocycles. The van der Waals surface area contributed by atoms with Crippen molar-refractivity contribution in [3.63, 3.8) is 0 Å². The summed E-state index contributed by atoms with van der Waals surface area (Å²) in [5, 5.41) is 10.2. The number of rotatable bonds is 5. The van der Waals surface area contributed by atoms with Crippen LogP contribution in [0.15, 0.2) is 81.7 Å². The molecule has 3 aromatic carbocycles. The van der Waals surface area contributed by atoms with Crippen molar-refractivity contribution in [1.29, 1.82) is 0 Å². The normalized spacial score (nSPS) is 14.3. The van der Waals surface area contributed by atoms with Gasteiger partial charge >= 0.3 is 0 Å². The molecule has 8 heteroatoms. The number of hydrogen-bond donors (Lipinski definition) is 2. The van der Waals surface area contributed by atoms with Gasteiger partial charge in [0.25, 0.3) is 11.8 Å². The van der Waals surface area contributed by atoms with Crippen molar-refractivity contribution in [2.75, 3.05) is 10.6 Å². The summed E-state index contributed by atoms with van der Waals surface area (Å²) < 4.78 is 17.1. The number of nitrogens with zero attached hydrogens (tertiary/aromatic N) is 1. The first kappa shape index (κ1) is 22.6. The third kappa shape index (κ3) is 4.33. The molecular weight excluding hydrogens is 470 g/mol. The van der Waals surface area contributed by atoms with Crippen LogP contribution >= 0.6 is 0 Å². The van der Waals surface area contributed by atoms with Crippen molar-refractivity contribution < 1.29 is 23.3 Å². The molecule has 3 heterocycles. The van der Waals surface area contributed by atoms with Crippen molar-refractivity contribution in [2.24, 2.45) is 0 Å². The monoisotopic (exact) mass is 493 g/mol. The molecule has 0 saturated heterocycles. The maximum absolute atomic E-state index is 13.2. The maximum atomic E-state index is 13.2. The van der Waals surface area contributed by atoms with Gasteiger partial charge in [0, 0.05) is 29.1 Å². The van der Waals surface area contributed by atoms with E-state index in [1.54, 1.807) is 30.3 Å². The fourth-order valence-electron chi connectivity index (χ4n) is 4.51. The van der Waals surface area contributed by atoms with Gasteiger partial charge < -0.3 is 24.3 Å². The summed E-state index contributed by atoms with van der Waals surface area (Å²) in [6.45, 7) is 3.96. The van der Waals surface area contributed by atoms with E-state index in [-0.39, 0.29) is 23.2 Å². The molecule has 0 spiro atoms. The Morgan fingerprint density at radius 3 is 2.68 bits per heavy atom. The van der Waals surface area contributed by atoms with Crippen LogP contribution in [0.3, 0.4) is 0 Å². The average Bonchev–Trinajstić information content (AvgIpc) is 3.60. The van der Waals surface area contributed by atoms with Gasteiger partial charge in [-0.05, 0) is 67.4 Å². The zero-order valence-corrected chi connectivity index (χ0v) is 20.2. The number of benzene rings is 3. The summed E-state index contributed by atoms with van der Waals surface area (Å²) in [5.74, 6) is 0.309. The average molecular weight is 494 g/mol. The Kier molecular flexibility index (Phi) is 5.49. The van der Waals surface area contributed by atoms with Gasteiger partial charge in [0.2, 0.25) is 5.76 Å². The van der Waals surface area contributed by atoms with Gasteiger partial charge in [0.15, 0.2) is 11.5 Å². The summed E-state index contributed by atoms with van der Waals surface area (Å²) >= 11 is 0. The first-order chi connectivity index (χ1) is 17.9. The van der Waals surface area contributed by atoms with E-state index < -0.39 is 11.8 Å². The molecule has 2 amide bonds. The number of ether oxygens (including phenoxy) is 1. The molecule has 2 N–H and O–H groups in total. The van der Waals surface area contributed by atoms with E-state index in [0.29, 0.717) is 22.4 Å². The Bertz CT molecular complexity index is 1670. The minimum Gasteiger partial charge on any atom is -0.490 e. The van der Waals surface area contributed by atoms with E-state index in [2.05, 4.69) is 15.8 Å². The molecule has 184 valence electrons. The van der Waals surface area contributed by atoms with Crippen LogP contribution in [0, 0.1) is 6.92 Å². The lowest BCUT2D eigenvalue weighted by molar-refractivity contribution is 0.0999. The summed E-state index contributed by atoms with van der Waals surface area (Å²) in [6.07, 6.45) is 0.939. The Hall–Kier alpha value is -4.85.